The summed E-state index contributed by atoms with van der Waals surface area (Å²) in [5, 5.41) is 23.2. The molecule has 28 heavy (non-hydrogen) atoms. The molecule has 1 heterocycles. The number of aliphatic hydroxyl groups is 1. The van der Waals surface area contributed by atoms with Crippen LogP contribution in [0.1, 0.15) is 30.5 Å². The monoisotopic (exact) mass is 400 g/mol. The Kier molecular flexibility index (Phi) is 6.46. The number of halogens is 1. The molecule has 0 aliphatic carbocycles. The van der Waals surface area contributed by atoms with Crippen molar-refractivity contribution in [2.24, 2.45) is 0 Å². The van der Waals surface area contributed by atoms with E-state index in [-0.39, 0.29) is 17.7 Å². The predicted molar refractivity (Wildman–Crippen MR) is 109 cm³/mol. The molecule has 2 aromatic rings. The van der Waals surface area contributed by atoms with Crippen molar-refractivity contribution < 1.29 is 14.6 Å². The Labute approximate surface area is 170 Å². The van der Waals surface area contributed by atoms with Crippen molar-refractivity contribution in [3.8, 4) is 17.6 Å². The summed E-state index contributed by atoms with van der Waals surface area (Å²) in [4.78, 5) is 0. The lowest BCUT2D eigenvalue weighted by atomic mass is 9.93. The van der Waals surface area contributed by atoms with Crippen LogP contribution in [0.2, 0.25) is 5.02 Å². The number of nitrogens with one attached hydrogen (secondary N) is 1. The summed E-state index contributed by atoms with van der Waals surface area (Å²) in [6.07, 6.45) is 1.08. The minimum atomic E-state index is -0.710. The Hall–Kier alpha value is -2.26. The summed E-state index contributed by atoms with van der Waals surface area (Å²) in [6.45, 7) is 5.43. The van der Waals surface area contributed by atoms with E-state index in [9.17, 15) is 10.4 Å². The van der Waals surface area contributed by atoms with Gasteiger partial charge in [-0.3, -0.25) is 0 Å². The summed E-state index contributed by atoms with van der Waals surface area (Å²) >= 11 is 5.99. The van der Waals surface area contributed by atoms with Gasteiger partial charge in [0, 0.05) is 18.5 Å². The van der Waals surface area contributed by atoms with Crippen molar-refractivity contribution in [3.63, 3.8) is 0 Å². The third-order valence-electron chi connectivity index (χ3n) is 4.73. The normalized spacial score (nSPS) is 14.1. The van der Waals surface area contributed by atoms with Crippen LogP contribution in [0, 0.1) is 11.3 Å². The third-order valence-corrected chi connectivity index (χ3v) is 5.05. The van der Waals surface area contributed by atoms with Crippen molar-refractivity contribution in [1.82, 2.24) is 5.32 Å². The number of hydrogen-bond donors (Lipinski definition) is 2. The zero-order valence-electron chi connectivity index (χ0n) is 16.2. The summed E-state index contributed by atoms with van der Waals surface area (Å²) in [7, 11) is 0. The summed E-state index contributed by atoms with van der Waals surface area (Å²) in [5.41, 5.74) is 2.59. The van der Waals surface area contributed by atoms with Crippen molar-refractivity contribution in [1.29, 1.82) is 5.26 Å². The number of benzene rings is 2. The summed E-state index contributed by atoms with van der Waals surface area (Å²) in [6, 6.07) is 13.4. The van der Waals surface area contributed by atoms with Crippen LogP contribution in [0.3, 0.4) is 0 Å². The number of hydrogen-bond acceptors (Lipinski definition) is 5. The molecular weight excluding hydrogens is 376 g/mol. The summed E-state index contributed by atoms with van der Waals surface area (Å²) < 4.78 is 11.2. The fourth-order valence-electron chi connectivity index (χ4n) is 3.29. The molecule has 0 aromatic heterocycles. The molecule has 1 aliphatic heterocycles. The molecule has 0 saturated heterocycles. The van der Waals surface area contributed by atoms with E-state index in [2.05, 4.69) is 31.3 Å². The smallest absolute Gasteiger partial charge is 0.138 e. The minimum absolute atomic E-state index is 0.0777. The van der Waals surface area contributed by atoms with E-state index >= 15 is 0 Å². The lowest BCUT2D eigenvalue weighted by Crippen LogP contribution is -2.46. The molecule has 0 fully saturated rings. The van der Waals surface area contributed by atoms with E-state index in [1.165, 1.54) is 11.1 Å². The second kappa shape index (κ2) is 8.83. The molecule has 0 saturated carbocycles. The van der Waals surface area contributed by atoms with Crippen molar-refractivity contribution in [3.05, 3.63) is 58.1 Å². The lowest BCUT2D eigenvalue weighted by molar-refractivity contribution is 0.0987. The predicted octanol–water partition coefficient (Wildman–Crippen LogP) is 3.50. The number of rotatable bonds is 8. The van der Waals surface area contributed by atoms with E-state index < -0.39 is 6.10 Å². The van der Waals surface area contributed by atoms with Crippen LogP contribution in [0.5, 0.6) is 11.5 Å². The first-order valence-corrected chi connectivity index (χ1v) is 9.75. The molecule has 1 atom stereocenters. The van der Waals surface area contributed by atoms with Gasteiger partial charge in [0.1, 0.15) is 35.8 Å². The van der Waals surface area contributed by atoms with Crippen LogP contribution < -0.4 is 14.8 Å². The van der Waals surface area contributed by atoms with Gasteiger partial charge < -0.3 is 19.9 Å². The highest BCUT2D eigenvalue weighted by Crippen LogP contribution is 2.27. The van der Waals surface area contributed by atoms with Gasteiger partial charge in [0.05, 0.1) is 11.6 Å². The number of fused-ring (bicyclic) bond motifs is 1. The molecule has 1 unspecified atom stereocenters. The maximum Gasteiger partial charge on any atom is 0.138 e. The largest absolute Gasteiger partial charge is 0.493 e. The molecule has 148 valence electrons. The highest BCUT2D eigenvalue weighted by Gasteiger charge is 2.21. The average Bonchev–Trinajstić information content (AvgIpc) is 3.12. The minimum Gasteiger partial charge on any atom is -0.493 e. The van der Waals surface area contributed by atoms with Gasteiger partial charge in [-0.2, -0.15) is 5.26 Å². The quantitative estimate of drug-likeness (QED) is 0.709. The number of ether oxygens (including phenoxy) is 2. The second-order valence-corrected chi connectivity index (χ2v) is 8.08. The van der Waals surface area contributed by atoms with Crippen LogP contribution in [-0.2, 0) is 12.8 Å². The number of nitriles is 1. The Morgan fingerprint density at radius 3 is 2.96 bits per heavy atom. The van der Waals surface area contributed by atoms with E-state index in [0.717, 1.165) is 25.2 Å². The van der Waals surface area contributed by atoms with Gasteiger partial charge in [0.15, 0.2) is 0 Å². The van der Waals surface area contributed by atoms with E-state index in [1.807, 2.05) is 12.1 Å². The SMILES string of the molecule is CC(C)(Cc1ccc2c(c1)CCO2)NCC(O)COc1cccc(Cl)c1C#N. The Balaban J connectivity index is 1.50. The maximum atomic E-state index is 10.3. The van der Waals surface area contributed by atoms with Crippen molar-refractivity contribution in [2.45, 2.75) is 38.3 Å². The molecule has 0 spiro atoms. The van der Waals surface area contributed by atoms with Crippen LogP contribution in [-0.4, -0.2) is 36.5 Å². The van der Waals surface area contributed by atoms with Gasteiger partial charge in [-0.15, -0.1) is 0 Å². The molecule has 1 aliphatic rings. The highest BCUT2D eigenvalue weighted by atomic mass is 35.5. The van der Waals surface area contributed by atoms with Crippen LogP contribution in [0.4, 0.5) is 0 Å². The van der Waals surface area contributed by atoms with Crippen LogP contribution >= 0.6 is 11.6 Å². The second-order valence-electron chi connectivity index (χ2n) is 7.67. The zero-order valence-corrected chi connectivity index (χ0v) is 16.9. The zero-order chi connectivity index (χ0) is 20.1. The molecule has 2 aromatic carbocycles. The standard InChI is InChI=1S/C22H25ClN2O3/c1-22(2,11-15-6-7-20-16(10-15)8-9-27-20)25-13-17(26)14-28-21-5-3-4-19(23)18(21)12-24/h3-7,10,17,25-26H,8-9,11,13-14H2,1-2H3. The molecule has 3 rings (SSSR count). The van der Waals surface area contributed by atoms with E-state index in [1.54, 1.807) is 18.2 Å². The van der Waals surface area contributed by atoms with Gasteiger partial charge in [-0.25, -0.2) is 0 Å². The van der Waals surface area contributed by atoms with Gasteiger partial charge >= 0.3 is 0 Å². The molecular formula is C22H25ClN2O3. The molecule has 0 bridgehead atoms. The number of nitrogens with zero attached hydrogens (tertiary/aromatic N) is 1. The first-order chi connectivity index (χ1) is 13.4. The van der Waals surface area contributed by atoms with Gasteiger partial charge in [0.25, 0.3) is 0 Å². The van der Waals surface area contributed by atoms with Crippen LogP contribution in [0.25, 0.3) is 0 Å². The fourth-order valence-corrected chi connectivity index (χ4v) is 3.50. The summed E-state index contributed by atoms with van der Waals surface area (Å²) in [5.74, 6) is 1.37. The van der Waals surface area contributed by atoms with E-state index in [4.69, 9.17) is 21.1 Å². The first-order valence-electron chi connectivity index (χ1n) is 9.37. The van der Waals surface area contributed by atoms with Gasteiger partial charge in [-0.1, -0.05) is 29.8 Å². The van der Waals surface area contributed by atoms with Gasteiger partial charge in [-0.05, 0) is 49.6 Å². The number of aliphatic hydroxyl groups excluding tert-OH is 1. The van der Waals surface area contributed by atoms with E-state index in [0.29, 0.717) is 17.3 Å². The molecule has 0 radical (unpaired) electrons. The average molecular weight is 401 g/mol. The molecule has 2 N–H and O–H groups in total. The van der Waals surface area contributed by atoms with Crippen LogP contribution in [0.15, 0.2) is 36.4 Å². The van der Waals surface area contributed by atoms with Gasteiger partial charge in [0.2, 0.25) is 0 Å². The highest BCUT2D eigenvalue weighted by molar-refractivity contribution is 6.31. The van der Waals surface area contributed by atoms with Crippen molar-refractivity contribution in [2.75, 3.05) is 19.8 Å². The fraction of sp³-hybridized carbons (Fsp3) is 0.409. The molecule has 5 nitrogen and oxygen atoms in total. The topological polar surface area (TPSA) is 74.5 Å². The Morgan fingerprint density at radius 1 is 1.36 bits per heavy atom. The Morgan fingerprint density at radius 2 is 2.18 bits per heavy atom. The Bertz CT molecular complexity index is 877. The third kappa shape index (κ3) is 5.17. The maximum absolute atomic E-state index is 10.3. The first kappa shape index (κ1) is 20.5. The lowest BCUT2D eigenvalue weighted by Gasteiger charge is -2.28. The van der Waals surface area contributed by atoms with Crippen molar-refractivity contribution >= 4 is 11.6 Å². The molecule has 6 heteroatoms. The molecule has 0 amide bonds. The number of β-amino-alcohol motifs (C(OH)–C–C–N with tert-alkyl or cyclic N) is 1.